The first-order chi connectivity index (χ1) is 18.9. The van der Waals surface area contributed by atoms with Gasteiger partial charge < -0.3 is 34.9 Å². The highest BCUT2D eigenvalue weighted by Gasteiger charge is 2.30. The van der Waals surface area contributed by atoms with Crippen LogP contribution >= 0.6 is 0 Å². The largest absolute Gasteiger partial charge is 0.493 e. The third kappa shape index (κ3) is 8.17. The van der Waals surface area contributed by atoms with E-state index in [-0.39, 0.29) is 29.6 Å². The van der Waals surface area contributed by atoms with Crippen LogP contribution in [0.4, 0.5) is 0 Å². The molecule has 9 heteroatoms. The Morgan fingerprint density at radius 3 is 2.26 bits per heavy atom. The fourth-order valence-corrected chi connectivity index (χ4v) is 4.97. The summed E-state index contributed by atoms with van der Waals surface area (Å²) in [5, 5.41) is 9.55. The van der Waals surface area contributed by atoms with Gasteiger partial charge in [-0.3, -0.25) is 9.59 Å². The third-order valence-electron chi connectivity index (χ3n) is 7.06. The average Bonchev–Trinajstić information content (AvgIpc) is 3.40. The SMILES string of the molecule is COCCCOc1c(OC)ccc(C(=O)NC[C@@H]2CNC[C@H]2CNC(=O)[C@@H](OC)c2ccccc2)c1C(C)C. The van der Waals surface area contributed by atoms with Crippen LogP contribution in [0.5, 0.6) is 11.5 Å². The standard InChI is InChI=1S/C30H43N3O6/c1-20(2)26-24(12-13-25(37-4)28(26)39-15-9-14-36-3)29(34)32-18-22-16-31-17-23(22)19-33-30(35)27(38-5)21-10-7-6-8-11-21/h6-8,10-13,20,22-23,27,31H,9,14-19H2,1-5H3,(H,32,34)(H,33,35)/t22-,23-,27-/m0/s1. The lowest BCUT2D eigenvalue weighted by Crippen LogP contribution is -2.39. The predicted octanol–water partition coefficient (Wildman–Crippen LogP) is 3.30. The molecule has 0 spiro atoms. The smallest absolute Gasteiger partial charge is 0.253 e. The van der Waals surface area contributed by atoms with Crippen LogP contribution in [0.3, 0.4) is 0 Å². The Morgan fingerprint density at radius 2 is 1.64 bits per heavy atom. The zero-order valence-electron chi connectivity index (χ0n) is 23.8. The van der Waals surface area contributed by atoms with Crippen molar-refractivity contribution >= 4 is 11.8 Å². The summed E-state index contributed by atoms with van der Waals surface area (Å²) in [6.45, 7) is 7.65. The van der Waals surface area contributed by atoms with E-state index in [1.807, 2.05) is 44.2 Å². The zero-order valence-corrected chi connectivity index (χ0v) is 23.8. The molecule has 0 bridgehead atoms. The van der Waals surface area contributed by atoms with Crippen molar-refractivity contribution in [3.05, 3.63) is 59.2 Å². The highest BCUT2D eigenvalue weighted by atomic mass is 16.5. The molecule has 2 aromatic rings. The first-order valence-electron chi connectivity index (χ1n) is 13.6. The van der Waals surface area contributed by atoms with Gasteiger partial charge in [-0.2, -0.15) is 0 Å². The number of nitrogens with one attached hydrogen (secondary N) is 3. The molecular formula is C30H43N3O6. The van der Waals surface area contributed by atoms with Crippen LogP contribution in [-0.4, -0.2) is 72.5 Å². The highest BCUT2D eigenvalue weighted by molar-refractivity contribution is 5.97. The van der Waals surface area contributed by atoms with Gasteiger partial charge in [0.2, 0.25) is 0 Å². The van der Waals surface area contributed by atoms with Gasteiger partial charge in [-0.15, -0.1) is 0 Å². The number of carbonyl (C=O) groups excluding carboxylic acids is 2. The normalized spacial score (nSPS) is 17.6. The number of rotatable bonds is 15. The molecule has 0 saturated carbocycles. The van der Waals surface area contributed by atoms with Gasteiger partial charge in [0.15, 0.2) is 17.6 Å². The van der Waals surface area contributed by atoms with Crippen LogP contribution in [0.15, 0.2) is 42.5 Å². The molecule has 214 valence electrons. The number of hydrogen-bond donors (Lipinski definition) is 3. The van der Waals surface area contributed by atoms with Crippen molar-refractivity contribution in [1.82, 2.24) is 16.0 Å². The van der Waals surface area contributed by atoms with Gasteiger partial charge >= 0.3 is 0 Å². The van der Waals surface area contributed by atoms with Crippen LogP contribution in [0.25, 0.3) is 0 Å². The third-order valence-corrected chi connectivity index (χ3v) is 7.06. The van der Waals surface area contributed by atoms with Crippen LogP contribution < -0.4 is 25.4 Å². The molecule has 2 aromatic carbocycles. The van der Waals surface area contributed by atoms with Gasteiger partial charge in [0.05, 0.1) is 13.7 Å². The molecule has 3 N–H and O–H groups in total. The van der Waals surface area contributed by atoms with E-state index < -0.39 is 6.10 Å². The molecule has 0 aliphatic carbocycles. The Hall–Kier alpha value is -3.14. The number of ether oxygens (including phenoxy) is 4. The molecule has 3 atom stereocenters. The highest BCUT2D eigenvalue weighted by Crippen LogP contribution is 2.38. The average molecular weight is 542 g/mol. The van der Waals surface area contributed by atoms with Gasteiger partial charge in [0.1, 0.15) is 0 Å². The van der Waals surface area contributed by atoms with Gasteiger partial charge in [-0.1, -0.05) is 44.2 Å². The monoisotopic (exact) mass is 541 g/mol. The molecular weight excluding hydrogens is 498 g/mol. The summed E-state index contributed by atoms with van der Waals surface area (Å²) in [4.78, 5) is 26.2. The maximum Gasteiger partial charge on any atom is 0.253 e. The Bertz CT molecular complexity index is 1060. The minimum atomic E-state index is -0.658. The second-order valence-electron chi connectivity index (χ2n) is 10.1. The molecule has 1 saturated heterocycles. The van der Waals surface area contributed by atoms with Gasteiger partial charge in [0.25, 0.3) is 11.8 Å². The molecule has 1 aliphatic heterocycles. The summed E-state index contributed by atoms with van der Waals surface area (Å²) in [5.41, 5.74) is 2.21. The maximum absolute atomic E-state index is 13.4. The molecule has 3 rings (SSSR count). The summed E-state index contributed by atoms with van der Waals surface area (Å²) < 4.78 is 22.2. The van der Waals surface area contributed by atoms with Crippen molar-refractivity contribution in [2.24, 2.45) is 11.8 Å². The molecule has 39 heavy (non-hydrogen) atoms. The van der Waals surface area contributed by atoms with Crippen molar-refractivity contribution in [1.29, 1.82) is 0 Å². The fraction of sp³-hybridized carbons (Fsp3) is 0.533. The summed E-state index contributed by atoms with van der Waals surface area (Å²) >= 11 is 0. The molecule has 1 fully saturated rings. The Labute approximate surface area is 231 Å². The fourth-order valence-electron chi connectivity index (χ4n) is 4.97. The Balaban J connectivity index is 1.63. The quantitative estimate of drug-likeness (QED) is 0.297. The van der Waals surface area contributed by atoms with E-state index >= 15 is 0 Å². The summed E-state index contributed by atoms with van der Waals surface area (Å²) in [6, 6.07) is 13.0. The maximum atomic E-state index is 13.4. The second kappa shape index (κ2) is 15.5. The number of methoxy groups -OCH3 is 3. The van der Waals surface area contributed by atoms with Crippen molar-refractivity contribution in [3.8, 4) is 11.5 Å². The molecule has 1 aliphatic rings. The Kier molecular flexibility index (Phi) is 12.0. The van der Waals surface area contributed by atoms with Crippen LogP contribution in [0.1, 0.15) is 53.8 Å². The lowest BCUT2D eigenvalue weighted by Gasteiger charge is -2.23. The van der Waals surface area contributed by atoms with Crippen LogP contribution in [0, 0.1) is 11.8 Å². The number of amides is 2. The lowest BCUT2D eigenvalue weighted by atomic mass is 9.93. The van der Waals surface area contributed by atoms with Crippen LogP contribution in [0.2, 0.25) is 0 Å². The number of benzene rings is 2. The predicted molar refractivity (Wildman–Crippen MR) is 150 cm³/mol. The van der Waals surface area contributed by atoms with Gasteiger partial charge in [-0.25, -0.2) is 0 Å². The van der Waals surface area contributed by atoms with Crippen molar-refractivity contribution in [2.45, 2.75) is 32.3 Å². The van der Waals surface area contributed by atoms with E-state index in [9.17, 15) is 9.59 Å². The second-order valence-corrected chi connectivity index (χ2v) is 10.1. The Morgan fingerprint density at radius 1 is 0.949 bits per heavy atom. The zero-order chi connectivity index (χ0) is 28.2. The topological polar surface area (TPSA) is 107 Å². The summed E-state index contributed by atoms with van der Waals surface area (Å²) in [7, 11) is 4.79. The first kappa shape index (κ1) is 30.4. The van der Waals surface area contributed by atoms with Gasteiger partial charge in [-0.05, 0) is 35.4 Å². The van der Waals surface area contributed by atoms with Crippen molar-refractivity contribution < 1.29 is 28.5 Å². The number of carbonyl (C=O) groups is 2. The van der Waals surface area contributed by atoms with E-state index in [2.05, 4.69) is 16.0 Å². The first-order valence-corrected chi connectivity index (χ1v) is 13.6. The van der Waals surface area contributed by atoms with E-state index in [4.69, 9.17) is 18.9 Å². The molecule has 0 radical (unpaired) electrons. The van der Waals surface area contributed by atoms with E-state index in [0.29, 0.717) is 43.4 Å². The molecule has 2 amide bonds. The molecule has 0 aromatic heterocycles. The minimum absolute atomic E-state index is 0.0488. The van der Waals surface area contributed by atoms with E-state index in [1.54, 1.807) is 26.4 Å². The molecule has 0 unspecified atom stereocenters. The van der Waals surface area contributed by atoms with E-state index in [1.165, 1.54) is 7.11 Å². The molecule has 1 heterocycles. The number of hydrogen-bond acceptors (Lipinski definition) is 7. The van der Waals surface area contributed by atoms with Crippen molar-refractivity contribution in [3.63, 3.8) is 0 Å². The summed E-state index contributed by atoms with van der Waals surface area (Å²) in [6.07, 6.45) is 0.0746. The van der Waals surface area contributed by atoms with Gasteiger partial charge in [0, 0.05) is 64.6 Å². The minimum Gasteiger partial charge on any atom is -0.493 e. The van der Waals surface area contributed by atoms with E-state index in [0.717, 1.165) is 30.6 Å². The summed E-state index contributed by atoms with van der Waals surface area (Å²) in [5.74, 6) is 1.30. The molecule has 9 nitrogen and oxygen atoms in total. The lowest BCUT2D eigenvalue weighted by molar-refractivity contribution is -0.131. The van der Waals surface area contributed by atoms with Crippen LogP contribution in [-0.2, 0) is 14.3 Å². The van der Waals surface area contributed by atoms with Crippen molar-refractivity contribution in [2.75, 3.05) is 60.7 Å².